The Balaban J connectivity index is 0.00000143. The summed E-state index contributed by atoms with van der Waals surface area (Å²) >= 11 is 0. The minimum atomic E-state index is 0.00352. The highest BCUT2D eigenvalue weighted by molar-refractivity contribution is 5.20. The summed E-state index contributed by atoms with van der Waals surface area (Å²) in [7, 11) is 0. The number of piperidine rings is 1. The van der Waals surface area contributed by atoms with E-state index in [1.165, 1.54) is 5.70 Å². The van der Waals surface area contributed by atoms with E-state index in [-0.39, 0.29) is 5.60 Å². The lowest BCUT2D eigenvalue weighted by atomic mass is 9.87. The topological polar surface area (TPSA) is 24.5 Å². The Morgan fingerprint density at radius 1 is 1.31 bits per heavy atom. The first-order valence-electron chi connectivity index (χ1n) is 10.8. The van der Waals surface area contributed by atoms with Gasteiger partial charge in [0.25, 0.3) is 0 Å². The highest BCUT2D eigenvalue weighted by Gasteiger charge is 2.37. The average Bonchev–Trinajstić information content (AvgIpc) is 2.87. The maximum atomic E-state index is 6.47. The van der Waals surface area contributed by atoms with Crippen LogP contribution in [0, 0.1) is 12.3 Å². The van der Waals surface area contributed by atoms with Crippen molar-refractivity contribution in [3.8, 4) is 12.3 Å². The van der Waals surface area contributed by atoms with Crippen LogP contribution in [-0.4, -0.2) is 36.7 Å². The molecule has 162 valence electrons. The Morgan fingerprint density at radius 2 is 1.93 bits per heavy atom. The van der Waals surface area contributed by atoms with Crippen molar-refractivity contribution in [2.24, 2.45) is 0 Å². The van der Waals surface area contributed by atoms with Crippen molar-refractivity contribution >= 4 is 0 Å². The summed E-state index contributed by atoms with van der Waals surface area (Å²) < 4.78 is 6.47. The first-order valence-corrected chi connectivity index (χ1v) is 10.8. The van der Waals surface area contributed by atoms with Crippen LogP contribution in [0.25, 0.3) is 0 Å². The molecule has 0 unspecified atom stereocenters. The number of rotatable bonds is 6. The average molecular weight is 399 g/mol. The predicted molar refractivity (Wildman–Crippen MR) is 129 cm³/mol. The van der Waals surface area contributed by atoms with Crippen LogP contribution in [0.5, 0.6) is 0 Å². The van der Waals surface area contributed by atoms with E-state index in [0.29, 0.717) is 0 Å². The molecule has 0 bridgehead atoms. The Hall–Kier alpha value is -2.18. The second kappa shape index (κ2) is 15.7. The van der Waals surface area contributed by atoms with Crippen LogP contribution in [0.2, 0.25) is 0 Å². The van der Waals surface area contributed by atoms with E-state index < -0.39 is 0 Å². The van der Waals surface area contributed by atoms with Gasteiger partial charge in [-0.15, -0.1) is 12.3 Å². The molecular weight excluding hydrogens is 356 g/mol. The highest BCUT2D eigenvalue weighted by Crippen LogP contribution is 2.34. The molecule has 0 radical (unpaired) electrons. The minimum Gasteiger partial charge on any atom is -0.490 e. The Labute approximate surface area is 180 Å². The molecule has 29 heavy (non-hydrogen) atoms. The second-order valence-corrected chi connectivity index (χ2v) is 7.09. The highest BCUT2D eigenvalue weighted by atomic mass is 16.5. The lowest BCUT2D eigenvalue weighted by Gasteiger charge is -2.41. The van der Waals surface area contributed by atoms with Gasteiger partial charge in [0.1, 0.15) is 11.4 Å². The normalized spacial score (nSPS) is 18.5. The molecule has 0 saturated carbocycles. The largest absolute Gasteiger partial charge is 0.490 e. The SMILES string of the molecule is C#CC.C=C/C=C\C(=C)CN1CCC2(CCNC(CC=CC)=C(C)O2)CC1.CC. The van der Waals surface area contributed by atoms with Gasteiger partial charge in [0, 0.05) is 39.0 Å². The molecular formula is C26H42N2O. The summed E-state index contributed by atoms with van der Waals surface area (Å²) in [6.07, 6.45) is 18.8. The van der Waals surface area contributed by atoms with Gasteiger partial charge >= 0.3 is 0 Å². The molecule has 0 aromatic rings. The maximum absolute atomic E-state index is 6.47. The number of hydrogen-bond acceptors (Lipinski definition) is 3. The molecule has 1 fully saturated rings. The molecule has 2 aliphatic heterocycles. The fourth-order valence-electron chi connectivity index (χ4n) is 3.47. The number of nitrogens with zero attached hydrogens (tertiary/aromatic N) is 1. The molecule has 1 N–H and O–H groups in total. The van der Waals surface area contributed by atoms with E-state index in [2.05, 4.69) is 61.7 Å². The molecule has 3 nitrogen and oxygen atoms in total. The van der Waals surface area contributed by atoms with Gasteiger partial charge in [0.2, 0.25) is 0 Å². The van der Waals surface area contributed by atoms with Crippen LogP contribution in [-0.2, 0) is 4.74 Å². The van der Waals surface area contributed by atoms with Crippen LogP contribution in [0.4, 0.5) is 0 Å². The maximum Gasteiger partial charge on any atom is 0.113 e. The van der Waals surface area contributed by atoms with Gasteiger partial charge in [-0.1, -0.05) is 57.4 Å². The van der Waals surface area contributed by atoms with Gasteiger partial charge in [-0.25, -0.2) is 0 Å². The quantitative estimate of drug-likeness (QED) is 0.338. The fourth-order valence-corrected chi connectivity index (χ4v) is 3.47. The number of hydrogen-bond donors (Lipinski definition) is 1. The Bertz CT molecular complexity index is 611. The minimum absolute atomic E-state index is 0.00352. The predicted octanol–water partition coefficient (Wildman–Crippen LogP) is 5.99. The Kier molecular flexibility index (Phi) is 14.5. The lowest BCUT2D eigenvalue weighted by molar-refractivity contribution is -0.0473. The van der Waals surface area contributed by atoms with E-state index in [9.17, 15) is 0 Å². The smallest absolute Gasteiger partial charge is 0.113 e. The molecule has 0 amide bonds. The molecule has 0 aromatic carbocycles. The molecule has 2 aliphatic rings. The van der Waals surface area contributed by atoms with Crippen molar-refractivity contribution in [3.63, 3.8) is 0 Å². The number of ether oxygens (including phenoxy) is 1. The fraction of sp³-hybridized carbons (Fsp3) is 0.538. The number of terminal acetylenes is 1. The van der Waals surface area contributed by atoms with E-state index in [1.54, 1.807) is 13.0 Å². The molecule has 0 aromatic heterocycles. The van der Waals surface area contributed by atoms with Crippen molar-refractivity contribution in [3.05, 3.63) is 60.6 Å². The van der Waals surface area contributed by atoms with Crippen LogP contribution >= 0.6 is 0 Å². The molecule has 3 heteroatoms. The van der Waals surface area contributed by atoms with Gasteiger partial charge in [-0.3, -0.25) is 4.90 Å². The molecule has 0 atom stereocenters. The van der Waals surface area contributed by atoms with E-state index in [0.717, 1.165) is 63.2 Å². The van der Waals surface area contributed by atoms with Crippen LogP contribution < -0.4 is 5.32 Å². The monoisotopic (exact) mass is 398 g/mol. The van der Waals surface area contributed by atoms with Crippen molar-refractivity contribution in [1.29, 1.82) is 0 Å². The van der Waals surface area contributed by atoms with Crippen molar-refractivity contribution in [1.82, 2.24) is 10.2 Å². The van der Waals surface area contributed by atoms with Crippen LogP contribution in [0.15, 0.2) is 60.6 Å². The van der Waals surface area contributed by atoms with E-state index in [1.807, 2.05) is 26.0 Å². The number of nitrogens with one attached hydrogen (secondary N) is 1. The summed E-state index contributed by atoms with van der Waals surface area (Å²) in [5, 5.41) is 3.56. The van der Waals surface area contributed by atoms with Gasteiger partial charge in [0.15, 0.2) is 0 Å². The van der Waals surface area contributed by atoms with Gasteiger partial charge < -0.3 is 10.1 Å². The summed E-state index contributed by atoms with van der Waals surface area (Å²) in [6, 6.07) is 0. The van der Waals surface area contributed by atoms with E-state index in [4.69, 9.17) is 4.74 Å². The third-order valence-corrected chi connectivity index (χ3v) is 4.93. The zero-order valence-electron chi connectivity index (χ0n) is 19.4. The summed E-state index contributed by atoms with van der Waals surface area (Å²) in [5.74, 6) is 3.32. The number of likely N-dealkylation sites (tertiary alicyclic amines) is 1. The summed E-state index contributed by atoms with van der Waals surface area (Å²) in [6.45, 7) is 21.7. The van der Waals surface area contributed by atoms with Gasteiger partial charge in [-0.05, 0) is 39.2 Å². The zero-order chi connectivity index (χ0) is 22.1. The lowest BCUT2D eigenvalue weighted by Crippen LogP contribution is -2.46. The third kappa shape index (κ3) is 10.2. The molecule has 1 saturated heterocycles. The molecule has 0 aliphatic carbocycles. The van der Waals surface area contributed by atoms with Crippen LogP contribution in [0.1, 0.15) is 60.3 Å². The van der Waals surface area contributed by atoms with Gasteiger partial charge in [0.05, 0.1) is 5.70 Å². The van der Waals surface area contributed by atoms with E-state index >= 15 is 0 Å². The standard InChI is InChI=1S/C21H32N2O.C3H4.C2H6/c1-5-7-9-18(3)17-23-15-12-21(13-16-23)11-14-22-20(10-8-6-2)19(4)24-21;1-3-2;1-2/h5-9,22H,1,3,10-17H2,2,4H3;1H,2H3;1-2H3/b8-6?,9-7-;;. The first-order chi connectivity index (χ1) is 14.0. The molecule has 1 spiro atoms. The van der Waals surface area contributed by atoms with Crippen LogP contribution in [0.3, 0.4) is 0 Å². The third-order valence-electron chi connectivity index (χ3n) is 4.93. The Morgan fingerprint density at radius 3 is 2.48 bits per heavy atom. The van der Waals surface area contributed by atoms with Crippen molar-refractivity contribution in [2.45, 2.75) is 65.9 Å². The zero-order valence-corrected chi connectivity index (χ0v) is 19.4. The summed E-state index contributed by atoms with van der Waals surface area (Å²) in [4.78, 5) is 2.47. The molecule has 2 rings (SSSR count). The first kappa shape index (κ1) is 26.8. The van der Waals surface area contributed by atoms with Crippen molar-refractivity contribution < 1.29 is 4.74 Å². The number of allylic oxidation sites excluding steroid dienone is 5. The summed E-state index contributed by atoms with van der Waals surface area (Å²) in [5.41, 5.74) is 2.37. The second-order valence-electron chi connectivity index (χ2n) is 7.09. The van der Waals surface area contributed by atoms with Gasteiger partial charge in [-0.2, -0.15) is 0 Å². The van der Waals surface area contributed by atoms with Crippen molar-refractivity contribution in [2.75, 3.05) is 26.2 Å². The molecule has 2 heterocycles.